The monoisotopic (exact) mass is 419 g/mol. The average molecular weight is 419 g/mol. The number of sulfonamides is 1. The van der Waals surface area contributed by atoms with Gasteiger partial charge in [-0.05, 0) is 31.4 Å². The van der Waals surface area contributed by atoms with Crippen LogP contribution in [0.5, 0.6) is 0 Å². The van der Waals surface area contributed by atoms with Crippen LogP contribution in [0.1, 0.15) is 31.2 Å². The molecule has 0 saturated carbocycles. The summed E-state index contributed by atoms with van der Waals surface area (Å²) in [5.74, 6) is -1.42. The molecule has 1 aromatic rings. The molecule has 0 unspecified atom stereocenters. The van der Waals surface area contributed by atoms with Gasteiger partial charge in [-0.25, -0.2) is 0 Å². The number of carbonyl (C=O) groups excluding carboxylic acids is 3. The maximum Gasteiger partial charge on any atom is 0.311 e. The molecule has 3 aliphatic heterocycles. The minimum atomic E-state index is -3.73. The Morgan fingerprint density at radius 1 is 1.17 bits per heavy atom. The second-order valence-corrected chi connectivity index (χ2v) is 8.89. The SMILES string of the molecule is O=C(OCC(=O)N1CCCC1=O)[C@@H]1CCCN(C2=NS(=O)(=O)c3ccccc32)C1. The first-order chi connectivity index (χ1) is 13.9. The van der Waals surface area contributed by atoms with Crippen LogP contribution >= 0.6 is 0 Å². The van der Waals surface area contributed by atoms with Crippen molar-refractivity contribution in [3.63, 3.8) is 0 Å². The summed E-state index contributed by atoms with van der Waals surface area (Å²) in [7, 11) is -3.73. The standard InChI is InChI=1S/C19H21N3O6S/c23-16-8-4-10-22(16)17(24)12-28-19(25)13-5-3-9-21(11-13)18-14-6-1-2-7-15(14)29(26,27)20-18/h1-2,6-7,13H,3-5,8-12H2/t13-/m1/s1. The lowest BCUT2D eigenvalue weighted by molar-refractivity contribution is -0.158. The molecule has 2 amide bonds. The highest BCUT2D eigenvalue weighted by molar-refractivity contribution is 7.90. The van der Waals surface area contributed by atoms with Gasteiger partial charge in [0.25, 0.3) is 15.9 Å². The highest BCUT2D eigenvalue weighted by Gasteiger charge is 2.36. The molecule has 1 aromatic carbocycles. The Bertz CT molecular complexity index is 1000. The smallest absolute Gasteiger partial charge is 0.311 e. The summed E-state index contributed by atoms with van der Waals surface area (Å²) < 4.78 is 33.6. The van der Waals surface area contributed by atoms with Crippen LogP contribution in [0.25, 0.3) is 0 Å². The van der Waals surface area contributed by atoms with E-state index >= 15 is 0 Å². The lowest BCUT2D eigenvalue weighted by Gasteiger charge is -2.32. The van der Waals surface area contributed by atoms with Crippen LogP contribution in [0, 0.1) is 5.92 Å². The van der Waals surface area contributed by atoms with Crippen molar-refractivity contribution in [2.24, 2.45) is 10.3 Å². The summed E-state index contributed by atoms with van der Waals surface area (Å²) in [6, 6.07) is 6.61. The van der Waals surface area contributed by atoms with Crippen molar-refractivity contribution in [2.75, 3.05) is 26.2 Å². The van der Waals surface area contributed by atoms with E-state index in [9.17, 15) is 22.8 Å². The number of nitrogens with zero attached hydrogens (tertiary/aromatic N) is 3. The van der Waals surface area contributed by atoms with E-state index in [2.05, 4.69) is 4.40 Å². The number of amides is 2. The molecule has 9 nitrogen and oxygen atoms in total. The molecule has 0 aromatic heterocycles. The van der Waals surface area contributed by atoms with E-state index in [1.54, 1.807) is 23.1 Å². The average Bonchev–Trinajstić information content (AvgIpc) is 3.27. The summed E-state index contributed by atoms with van der Waals surface area (Å²) in [6.07, 6.45) is 2.21. The summed E-state index contributed by atoms with van der Waals surface area (Å²) >= 11 is 0. The van der Waals surface area contributed by atoms with Gasteiger partial charge in [0, 0.05) is 31.6 Å². The second kappa shape index (κ2) is 7.58. The molecule has 0 spiro atoms. The van der Waals surface area contributed by atoms with E-state index in [0.717, 1.165) is 4.90 Å². The van der Waals surface area contributed by atoms with Gasteiger partial charge in [-0.3, -0.25) is 19.3 Å². The number of hydrogen-bond donors (Lipinski definition) is 0. The van der Waals surface area contributed by atoms with E-state index in [-0.39, 0.29) is 17.3 Å². The molecule has 4 rings (SSSR count). The number of amidine groups is 1. The summed E-state index contributed by atoms with van der Waals surface area (Å²) in [5.41, 5.74) is 0.532. The molecular weight excluding hydrogens is 398 g/mol. The lowest BCUT2D eigenvalue weighted by Crippen LogP contribution is -2.43. The Hall–Kier alpha value is -2.75. The Labute approximate surface area is 168 Å². The van der Waals surface area contributed by atoms with Gasteiger partial charge in [0.2, 0.25) is 5.91 Å². The summed E-state index contributed by atoms with van der Waals surface area (Å²) in [4.78, 5) is 39.2. The number of benzene rings is 1. The fourth-order valence-corrected chi connectivity index (χ4v) is 5.15. The number of carbonyl (C=O) groups is 3. The number of rotatable bonds is 3. The molecule has 10 heteroatoms. The van der Waals surface area contributed by atoms with Gasteiger partial charge in [0.15, 0.2) is 12.4 Å². The Morgan fingerprint density at radius 2 is 1.97 bits per heavy atom. The quantitative estimate of drug-likeness (QED) is 0.657. The number of fused-ring (bicyclic) bond motifs is 1. The van der Waals surface area contributed by atoms with E-state index < -0.39 is 34.4 Å². The molecule has 2 fully saturated rings. The second-order valence-electron chi connectivity index (χ2n) is 7.32. The van der Waals surface area contributed by atoms with Crippen LogP contribution in [-0.4, -0.2) is 68.1 Å². The third-order valence-electron chi connectivity index (χ3n) is 5.38. The largest absolute Gasteiger partial charge is 0.455 e. The molecular formula is C19H21N3O6S. The molecule has 1 atom stereocenters. The number of hydrogen-bond acceptors (Lipinski definition) is 7. The van der Waals surface area contributed by atoms with Crippen LogP contribution in [0.2, 0.25) is 0 Å². The first kappa shape index (κ1) is 19.6. The highest BCUT2D eigenvalue weighted by atomic mass is 32.2. The van der Waals surface area contributed by atoms with Crippen molar-refractivity contribution < 1.29 is 27.5 Å². The molecule has 2 saturated heterocycles. The van der Waals surface area contributed by atoms with E-state index in [0.29, 0.717) is 50.2 Å². The number of piperidine rings is 1. The van der Waals surface area contributed by atoms with Gasteiger partial charge in [-0.15, -0.1) is 4.40 Å². The van der Waals surface area contributed by atoms with Crippen molar-refractivity contribution in [3.05, 3.63) is 29.8 Å². The Balaban J connectivity index is 1.41. The van der Waals surface area contributed by atoms with E-state index in [1.807, 2.05) is 0 Å². The zero-order chi connectivity index (χ0) is 20.6. The van der Waals surface area contributed by atoms with Crippen LogP contribution in [0.15, 0.2) is 33.6 Å². The van der Waals surface area contributed by atoms with Crippen LogP contribution in [0.3, 0.4) is 0 Å². The fraction of sp³-hybridized carbons (Fsp3) is 0.474. The Morgan fingerprint density at radius 3 is 2.72 bits per heavy atom. The third kappa shape index (κ3) is 3.76. The maximum atomic E-state index is 12.5. The van der Waals surface area contributed by atoms with Gasteiger partial charge >= 0.3 is 5.97 Å². The summed E-state index contributed by atoms with van der Waals surface area (Å²) in [5, 5.41) is 0. The topological polar surface area (TPSA) is 113 Å². The first-order valence-corrected chi connectivity index (χ1v) is 11.0. The molecule has 154 valence electrons. The highest BCUT2D eigenvalue weighted by Crippen LogP contribution is 2.30. The van der Waals surface area contributed by atoms with Gasteiger partial charge in [-0.2, -0.15) is 8.42 Å². The zero-order valence-corrected chi connectivity index (χ0v) is 16.6. The van der Waals surface area contributed by atoms with Crippen LogP contribution in [0.4, 0.5) is 0 Å². The maximum absolute atomic E-state index is 12.5. The fourth-order valence-electron chi connectivity index (χ4n) is 3.92. The van der Waals surface area contributed by atoms with Gasteiger partial charge in [-0.1, -0.05) is 12.1 Å². The predicted molar refractivity (Wildman–Crippen MR) is 101 cm³/mol. The van der Waals surface area contributed by atoms with E-state index in [4.69, 9.17) is 4.74 Å². The molecule has 0 N–H and O–H groups in total. The van der Waals surface area contributed by atoms with Crippen molar-refractivity contribution in [3.8, 4) is 0 Å². The number of ether oxygens (including phenoxy) is 1. The van der Waals surface area contributed by atoms with E-state index in [1.165, 1.54) is 6.07 Å². The molecule has 29 heavy (non-hydrogen) atoms. The number of esters is 1. The van der Waals surface area contributed by atoms with Crippen molar-refractivity contribution in [1.29, 1.82) is 0 Å². The number of likely N-dealkylation sites (tertiary alicyclic amines) is 2. The minimum Gasteiger partial charge on any atom is -0.455 e. The number of imide groups is 1. The minimum absolute atomic E-state index is 0.167. The molecule has 0 bridgehead atoms. The lowest BCUT2D eigenvalue weighted by atomic mass is 9.97. The molecule has 0 radical (unpaired) electrons. The summed E-state index contributed by atoms with van der Waals surface area (Å²) in [6.45, 7) is 0.741. The predicted octanol–water partition coefficient (Wildman–Crippen LogP) is 0.540. The zero-order valence-electron chi connectivity index (χ0n) is 15.7. The van der Waals surface area contributed by atoms with Gasteiger partial charge < -0.3 is 9.64 Å². The first-order valence-electron chi connectivity index (χ1n) is 9.56. The van der Waals surface area contributed by atoms with Gasteiger partial charge in [0.05, 0.1) is 5.92 Å². The van der Waals surface area contributed by atoms with Crippen molar-refractivity contribution >= 4 is 33.6 Å². The van der Waals surface area contributed by atoms with Gasteiger partial charge in [0.1, 0.15) is 4.90 Å². The van der Waals surface area contributed by atoms with Crippen LogP contribution < -0.4 is 0 Å². The van der Waals surface area contributed by atoms with Crippen LogP contribution in [-0.2, 0) is 29.1 Å². The normalized spacial score (nSPS) is 23.0. The third-order valence-corrected chi connectivity index (χ3v) is 6.70. The Kier molecular flexibility index (Phi) is 5.12. The molecule has 3 aliphatic rings. The van der Waals surface area contributed by atoms with Crippen molar-refractivity contribution in [1.82, 2.24) is 9.80 Å². The molecule has 0 aliphatic carbocycles. The van der Waals surface area contributed by atoms with Crippen molar-refractivity contribution in [2.45, 2.75) is 30.6 Å². The molecule has 3 heterocycles.